The molecule has 28 heavy (non-hydrogen) atoms. The second-order valence-electron chi connectivity index (χ2n) is 7.07. The van der Waals surface area contributed by atoms with Gasteiger partial charge in [-0.25, -0.2) is 0 Å². The van der Waals surface area contributed by atoms with Crippen molar-refractivity contribution in [2.45, 2.75) is 19.3 Å². The molecule has 1 aromatic heterocycles. The van der Waals surface area contributed by atoms with Crippen molar-refractivity contribution < 1.29 is 9.25 Å². The average molecular weight is 376 g/mol. The van der Waals surface area contributed by atoms with E-state index in [0.717, 1.165) is 30.8 Å². The lowest BCUT2D eigenvalue weighted by Gasteiger charge is -2.25. The van der Waals surface area contributed by atoms with Gasteiger partial charge in [0, 0.05) is 18.2 Å². The maximum atomic E-state index is 12.5. The Balaban J connectivity index is 1.42. The van der Waals surface area contributed by atoms with Crippen molar-refractivity contribution in [2.24, 2.45) is 5.16 Å². The molecule has 1 saturated heterocycles. The fourth-order valence-electron chi connectivity index (χ4n) is 3.50. The third-order valence-electron chi connectivity index (χ3n) is 5.03. The molecule has 2 heterocycles. The molecule has 1 aliphatic heterocycles. The van der Waals surface area contributed by atoms with Gasteiger partial charge in [0.05, 0.1) is 11.6 Å². The maximum absolute atomic E-state index is 12.5. The van der Waals surface area contributed by atoms with E-state index >= 15 is 0 Å². The Hall–Kier alpha value is -2.92. The molecule has 1 aliphatic rings. The van der Waals surface area contributed by atoms with E-state index in [1.165, 1.54) is 25.3 Å². The van der Waals surface area contributed by atoms with E-state index in [4.69, 9.17) is 9.25 Å². The van der Waals surface area contributed by atoms with Crippen LogP contribution in [0.15, 0.2) is 69.0 Å². The van der Waals surface area contributed by atoms with Crippen molar-refractivity contribution in [1.82, 2.24) is 4.90 Å². The van der Waals surface area contributed by atoms with Gasteiger partial charge in [-0.05, 0) is 49.7 Å². The SMILES string of the molecule is O=c1cc(-c2ccccc2)oc2ccc(/C=N\OCCN3CCCCC3)cc12. The van der Waals surface area contributed by atoms with Gasteiger partial charge < -0.3 is 9.25 Å². The fraction of sp³-hybridized carbons (Fsp3) is 0.304. The molecule has 0 bridgehead atoms. The molecule has 2 aromatic carbocycles. The van der Waals surface area contributed by atoms with Crippen molar-refractivity contribution >= 4 is 17.2 Å². The van der Waals surface area contributed by atoms with Gasteiger partial charge in [0.1, 0.15) is 18.0 Å². The van der Waals surface area contributed by atoms with Crippen LogP contribution in [0.1, 0.15) is 24.8 Å². The van der Waals surface area contributed by atoms with E-state index in [2.05, 4.69) is 10.1 Å². The second-order valence-corrected chi connectivity index (χ2v) is 7.07. The van der Waals surface area contributed by atoms with E-state index in [1.54, 1.807) is 18.3 Å². The Morgan fingerprint density at radius 1 is 1.04 bits per heavy atom. The molecule has 0 N–H and O–H groups in total. The highest BCUT2D eigenvalue weighted by atomic mass is 16.6. The number of fused-ring (bicyclic) bond motifs is 1. The zero-order valence-corrected chi connectivity index (χ0v) is 15.8. The van der Waals surface area contributed by atoms with E-state index in [1.807, 2.05) is 36.4 Å². The van der Waals surface area contributed by atoms with Gasteiger partial charge in [0.25, 0.3) is 0 Å². The summed E-state index contributed by atoms with van der Waals surface area (Å²) in [5, 5.41) is 4.58. The molecule has 3 aromatic rings. The maximum Gasteiger partial charge on any atom is 0.193 e. The largest absolute Gasteiger partial charge is 0.456 e. The van der Waals surface area contributed by atoms with Crippen LogP contribution < -0.4 is 5.43 Å². The Kier molecular flexibility index (Phi) is 5.83. The average Bonchev–Trinajstić information content (AvgIpc) is 2.75. The minimum Gasteiger partial charge on any atom is -0.456 e. The van der Waals surface area contributed by atoms with Gasteiger partial charge in [0.2, 0.25) is 0 Å². The molecule has 0 aliphatic carbocycles. The quantitative estimate of drug-likeness (QED) is 0.366. The van der Waals surface area contributed by atoms with Gasteiger partial charge in [-0.2, -0.15) is 0 Å². The molecule has 0 amide bonds. The highest BCUT2D eigenvalue weighted by Gasteiger charge is 2.09. The molecule has 144 valence electrons. The standard InChI is InChI=1S/C23H24N2O3/c26-21-16-23(19-7-3-1-4-8-19)28-22-10-9-18(15-20(21)22)17-24-27-14-13-25-11-5-2-6-12-25/h1,3-4,7-10,15-17H,2,5-6,11-14H2/b24-17-. The van der Waals surface area contributed by atoms with Crippen LogP contribution in [-0.2, 0) is 4.84 Å². The molecular formula is C23H24N2O3. The van der Waals surface area contributed by atoms with Crippen LogP contribution >= 0.6 is 0 Å². The van der Waals surface area contributed by atoms with Gasteiger partial charge in [0.15, 0.2) is 5.43 Å². The third-order valence-corrected chi connectivity index (χ3v) is 5.03. The highest BCUT2D eigenvalue weighted by molar-refractivity contribution is 5.88. The number of piperidine rings is 1. The van der Waals surface area contributed by atoms with Crippen molar-refractivity contribution in [3.63, 3.8) is 0 Å². The summed E-state index contributed by atoms with van der Waals surface area (Å²) in [5.74, 6) is 0.570. The van der Waals surface area contributed by atoms with E-state index in [9.17, 15) is 4.79 Å². The highest BCUT2D eigenvalue weighted by Crippen LogP contribution is 2.22. The Morgan fingerprint density at radius 2 is 1.86 bits per heavy atom. The Labute approximate surface area is 164 Å². The second kappa shape index (κ2) is 8.85. The summed E-state index contributed by atoms with van der Waals surface area (Å²) in [4.78, 5) is 20.3. The minimum atomic E-state index is -0.0682. The molecule has 0 unspecified atom stereocenters. The van der Waals surface area contributed by atoms with Crippen molar-refractivity contribution in [3.8, 4) is 11.3 Å². The molecule has 0 atom stereocenters. The first kappa shape index (κ1) is 18.4. The summed E-state index contributed by atoms with van der Waals surface area (Å²) < 4.78 is 5.91. The zero-order chi connectivity index (χ0) is 19.2. The monoisotopic (exact) mass is 376 g/mol. The summed E-state index contributed by atoms with van der Waals surface area (Å²) in [6.07, 6.45) is 5.52. The van der Waals surface area contributed by atoms with E-state index in [-0.39, 0.29) is 5.43 Å². The van der Waals surface area contributed by atoms with Gasteiger partial charge in [-0.3, -0.25) is 9.69 Å². The van der Waals surface area contributed by atoms with Crippen LogP contribution in [0.4, 0.5) is 0 Å². The minimum absolute atomic E-state index is 0.0682. The molecule has 0 saturated carbocycles. The Bertz CT molecular complexity index is 1010. The number of nitrogens with zero attached hydrogens (tertiary/aromatic N) is 2. The van der Waals surface area contributed by atoms with Crippen LogP contribution in [0.5, 0.6) is 0 Å². The van der Waals surface area contributed by atoms with Crippen LogP contribution in [0.25, 0.3) is 22.3 Å². The summed E-state index contributed by atoms with van der Waals surface area (Å²) in [6, 6.07) is 16.6. The molecular weight excluding hydrogens is 352 g/mol. The number of hydrogen-bond acceptors (Lipinski definition) is 5. The summed E-state index contributed by atoms with van der Waals surface area (Å²) in [5.41, 5.74) is 2.19. The first-order valence-electron chi connectivity index (χ1n) is 9.81. The molecule has 0 spiro atoms. The number of hydrogen-bond donors (Lipinski definition) is 0. The fourth-order valence-corrected chi connectivity index (χ4v) is 3.50. The van der Waals surface area contributed by atoms with Crippen molar-refractivity contribution in [1.29, 1.82) is 0 Å². The normalized spacial score (nSPS) is 15.3. The van der Waals surface area contributed by atoms with Gasteiger partial charge in [-0.15, -0.1) is 0 Å². The Morgan fingerprint density at radius 3 is 2.68 bits per heavy atom. The number of benzene rings is 2. The number of rotatable bonds is 6. The molecule has 0 radical (unpaired) electrons. The molecule has 5 nitrogen and oxygen atoms in total. The molecule has 1 fully saturated rings. The number of oxime groups is 1. The first-order chi connectivity index (χ1) is 13.8. The lowest BCUT2D eigenvalue weighted by molar-refractivity contribution is 0.103. The lowest BCUT2D eigenvalue weighted by Crippen LogP contribution is -2.32. The third kappa shape index (κ3) is 4.49. The van der Waals surface area contributed by atoms with Crippen molar-refractivity contribution in [2.75, 3.05) is 26.2 Å². The van der Waals surface area contributed by atoms with Crippen LogP contribution in [-0.4, -0.2) is 37.4 Å². The zero-order valence-electron chi connectivity index (χ0n) is 15.8. The number of likely N-dealkylation sites (tertiary alicyclic amines) is 1. The first-order valence-corrected chi connectivity index (χ1v) is 9.81. The summed E-state index contributed by atoms with van der Waals surface area (Å²) >= 11 is 0. The van der Waals surface area contributed by atoms with Gasteiger partial charge >= 0.3 is 0 Å². The van der Waals surface area contributed by atoms with Crippen LogP contribution in [0, 0.1) is 0 Å². The van der Waals surface area contributed by atoms with E-state index < -0.39 is 0 Å². The predicted molar refractivity (Wildman–Crippen MR) is 112 cm³/mol. The van der Waals surface area contributed by atoms with E-state index in [0.29, 0.717) is 23.3 Å². The van der Waals surface area contributed by atoms with Crippen LogP contribution in [0.3, 0.4) is 0 Å². The topological polar surface area (TPSA) is 55.0 Å². The molecule has 5 heteroatoms. The van der Waals surface area contributed by atoms with Gasteiger partial charge in [-0.1, -0.05) is 41.9 Å². The molecule has 4 rings (SSSR count). The lowest BCUT2D eigenvalue weighted by atomic mass is 10.1. The van der Waals surface area contributed by atoms with Crippen LogP contribution in [0.2, 0.25) is 0 Å². The van der Waals surface area contributed by atoms with Crippen molar-refractivity contribution in [3.05, 3.63) is 70.4 Å². The summed E-state index contributed by atoms with van der Waals surface area (Å²) in [7, 11) is 0. The predicted octanol–water partition coefficient (Wildman–Crippen LogP) is 4.30. The smallest absolute Gasteiger partial charge is 0.193 e. The summed E-state index contributed by atoms with van der Waals surface area (Å²) in [6.45, 7) is 3.78.